The van der Waals surface area contributed by atoms with E-state index in [1.54, 1.807) is 6.20 Å². The van der Waals surface area contributed by atoms with Crippen molar-refractivity contribution in [3.8, 4) is 0 Å². The predicted octanol–water partition coefficient (Wildman–Crippen LogP) is 3.32. The van der Waals surface area contributed by atoms with Gasteiger partial charge >= 0.3 is 6.09 Å². The van der Waals surface area contributed by atoms with E-state index in [4.69, 9.17) is 4.74 Å². The summed E-state index contributed by atoms with van der Waals surface area (Å²) in [5.74, 6) is 1.20. The van der Waals surface area contributed by atoms with E-state index in [1.807, 2.05) is 24.0 Å². The first kappa shape index (κ1) is 17.5. The number of hydrogen-bond acceptors (Lipinski definition) is 5. The van der Waals surface area contributed by atoms with Crippen LogP contribution in [0.15, 0.2) is 36.1 Å². The molecule has 134 valence electrons. The number of allylic oxidation sites excluding steroid dienone is 2. The summed E-state index contributed by atoms with van der Waals surface area (Å²) in [5.41, 5.74) is 2.05. The van der Waals surface area contributed by atoms with Crippen molar-refractivity contribution >= 4 is 12.0 Å². The third-order valence-electron chi connectivity index (χ3n) is 4.65. The van der Waals surface area contributed by atoms with E-state index in [2.05, 4.69) is 27.4 Å². The summed E-state index contributed by atoms with van der Waals surface area (Å²) < 4.78 is 5.43. The van der Waals surface area contributed by atoms with Crippen molar-refractivity contribution in [3.63, 3.8) is 0 Å². The van der Waals surface area contributed by atoms with E-state index in [0.29, 0.717) is 18.5 Å². The van der Waals surface area contributed by atoms with Gasteiger partial charge in [0, 0.05) is 31.5 Å². The number of ether oxygens (including phenoxy) is 1. The Balaban J connectivity index is 1.37. The number of likely N-dealkylation sites (tertiary alicyclic amines) is 1. The quantitative estimate of drug-likeness (QED) is 0.889. The van der Waals surface area contributed by atoms with Crippen LogP contribution in [0.25, 0.3) is 0 Å². The number of piperidine rings is 1. The lowest BCUT2D eigenvalue weighted by atomic mass is 9.97. The van der Waals surface area contributed by atoms with Crippen molar-refractivity contribution in [2.75, 3.05) is 31.6 Å². The van der Waals surface area contributed by atoms with Crippen molar-refractivity contribution < 1.29 is 9.53 Å². The van der Waals surface area contributed by atoms with Crippen molar-refractivity contribution in [1.82, 2.24) is 14.9 Å². The molecule has 1 saturated heterocycles. The second-order valence-electron chi connectivity index (χ2n) is 6.65. The van der Waals surface area contributed by atoms with Crippen LogP contribution in [0, 0.1) is 12.8 Å². The Morgan fingerprint density at radius 1 is 1.36 bits per heavy atom. The molecule has 0 unspecified atom stereocenters. The molecule has 2 heterocycles. The summed E-state index contributed by atoms with van der Waals surface area (Å²) in [5, 5.41) is 3.30. The first-order valence-corrected chi connectivity index (χ1v) is 9.01. The highest BCUT2D eigenvalue weighted by molar-refractivity contribution is 5.68. The zero-order valence-electron chi connectivity index (χ0n) is 14.8. The number of rotatable bonds is 5. The average Bonchev–Trinajstić information content (AvgIpc) is 2.66. The molecule has 1 amide bonds. The topological polar surface area (TPSA) is 67.4 Å². The maximum absolute atomic E-state index is 12.2. The fraction of sp³-hybridized carbons (Fsp3) is 0.526. The predicted molar refractivity (Wildman–Crippen MR) is 97.4 cm³/mol. The van der Waals surface area contributed by atoms with Gasteiger partial charge in [0.15, 0.2) is 0 Å². The molecular weight excluding hydrogens is 316 g/mol. The van der Waals surface area contributed by atoms with Crippen molar-refractivity contribution in [3.05, 3.63) is 41.8 Å². The number of aromatic nitrogens is 2. The third kappa shape index (κ3) is 5.31. The van der Waals surface area contributed by atoms with E-state index < -0.39 is 0 Å². The molecule has 2 aliphatic rings. The summed E-state index contributed by atoms with van der Waals surface area (Å²) in [7, 11) is 0. The number of amides is 1. The van der Waals surface area contributed by atoms with Crippen LogP contribution in [-0.4, -0.2) is 47.2 Å². The molecule has 6 heteroatoms. The van der Waals surface area contributed by atoms with Crippen LogP contribution in [0.3, 0.4) is 0 Å². The first-order valence-electron chi connectivity index (χ1n) is 9.01. The molecule has 1 aliphatic carbocycles. The number of nitrogens with zero attached hydrogens (tertiary/aromatic N) is 3. The van der Waals surface area contributed by atoms with Crippen LogP contribution in [0.2, 0.25) is 0 Å². The SMILES string of the molecule is Cc1ccnc(NCC2CCN(C(=O)OCC3=CCCC=C3)CC2)n1. The second-order valence-corrected chi connectivity index (χ2v) is 6.65. The molecular formula is C19H26N4O2. The van der Waals surface area contributed by atoms with Crippen LogP contribution in [-0.2, 0) is 4.74 Å². The van der Waals surface area contributed by atoms with Gasteiger partial charge in [-0.05, 0) is 50.2 Å². The molecule has 6 nitrogen and oxygen atoms in total. The second kappa shape index (κ2) is 8.65. The largest absolute Gasteiger partial charge is 0.445 e. The van der Waals surface area contributed by atoms with Gasteiger partial charge in [0.25, 0.3) is 0 Å². The molecule has 25 heavy (non-hydrogen) atoms. The van der Waals surface area contributed by atoms with E-state index in [9.17, 15) is 4.79 Å². The number of carbonyl (C=O) groups is 1. The van der Waals surface area contributed by atoms with Gasteiger partial charge < -0.3 is 15.0 Å². The molecule has 1 N–H and O–H groups in total. The average molecular weight is 342 g/mol. The molecule has 0 saturated carbocycles. The standard InChI is InChI=1S/C19H26N4O2/c1-15-7-10-20-18(22-15)21-13-16-8-11-23(12-9-16)19(24)25-14-17-5-3-2-4-6-17/h3,5-7,10,16H,2,4,8-9,11-14H2,1H3,(H,20,21,22). The van der Waals surface area contributed by atoms with Gasteiger partial charge in [0.05, 0.1) is 0 Å². The molecule has 3 rings (SSSR count). The lowest BCUT2D eigenvalue weighted by Crippen LogP contribution is -2.40. The Labute approximate surface area is 149 Å². The summed E-state index contributed by atoms with van der Waals surface area (Å²) >= 11 is 0. The Morgan fingerprint density at radius 2 is 2.20 bits per heavy atom. The minimum atomic E-state index is -0.201. The first-order chi connectivity index (χ1) is 12.2. The molecule has 1 aromatic rings. The number of aryl methyl sites for hydroxylation is 1. The Bertz CT molecular complexity index is 649. The van der Waals surface area contributed by atoms with Gasteiger partial charge in [0.2, 0.25) is 5.95 Å². The number of anilines is 1. The summed E-state index contributed by atoms with van der Waals surface area (Å²) in [6.45, 7) is 4.66. The molecule has 0 spiro atoms. The molecule has 0 radical (unpaired) electrons. The highest BCUT2D eigenvalue weighted by Crippen LogP contribution is 2.19. The lowest BCUT2D eigenvalue weighted by molar-refractivity contribution is 0.0959. The smallest absolute Gasteiger partial charge is 0.410 e. The number of nitrogens with one attached hydrogen (secondary N) is 1. The Kier molecular flexibility index (Phi) is 6.04. The number of carbonyl (C=O) groups excluding carboxylic acids is 1. The molecule has 0 aromatic carbocycles. The van der Waals surface area contributed by atoms with E-state index in [0.717, 1.165) is 56.6 Å². The van der Waals surface area contributed by atoms with E-state index in [1.165, 1.54) is 0 Å². The minimum Gasteiger partial charge on any atom is -0.445 e. The number of hydrogen-bond donors (Lipinski definition) is 1. The van der Waals surface area contributed by atoms with Crippen LogP contribution in [0.5, 0.6) is 0 Å². The summed E-state index contributed by atoms with van der Waals surface area (Å²) in [6.07, 6.45) is 11.9. The zero-order valence-corrected chi connectivity index (χ0v) is 14.8. The van der Waals surface area contributed by atoms with Crippen molar-refractivity contribution in [1.29, 1.82) is 0 Å². The molecule has 0 bridgehead atoms. The fourth-order valence-electron chi connectivity index (χ4n) is 3.10. The lowest BCUT2D eigenvalue weighted by Gasteiger charge is -2.31. The maximum atomic E-state index is 12.2. The third-order valence-corrected chi connectivity index (χ3v) is 4.65. The highest BCUT2D eigenvalue weighted by atomic mass is 16.6. The van der Waals surface area contributed by atoms with Crippen molar-refractivity contribution in [2.45, 2.75) is 32.6 Å². The fourth-order valence-corrected chi connectivity index (χ4v) is 3.10. The van der Waals surface area contributed by atoms with E-state index in [-0.39, 0.29) is 6.09 Å². The van der Waals surface area contributed by atoms with E-state index >= 15 is 0 Å². The van der Waals surface area contributed by atoms with Crippen LogP contribution >= 0.6 is 0 Å². The summed E-state index contributed by atoms with van der Waals surface area (Å²) in [6, 6.07) is 1.88. The van der Waals surface area contributed by atoms with Crippen LogP contribution < -0.4 is 5.32 Å². The molecule has 1 aromatic heterocycles. The molecule has 0 atom stereocenters. The zero-order chi connectivity index (χ0) is 17.5. The van der Waals surface area contributed by atoms with Crippen LogP contribution in [0.4, 0.5) is 10.7 Å². The molecule has 1 fully saturated rings. The molecule has 1 aliphatic heterocycles. The maximum Gasteiger partial charge on any atom is 0.410 e. The van der Waals surface area contributed by atoms with Gasteiger partial charge in [-0.3, -0.25) is 0 Å². The van der Waals surface area contributed by atoms with Gasteiger partial charge in [-0.2, -0.15) is 0 Å². The van der Waals surface area contributed by atoms with Gasteiger partial charge in [-0.25, -0.2) is 14.8 Å². The summed E-state index contributed by atoms with van der Waals surface area (Å²) in [4.78, 5) is 22.6. The minimum absolute atomic E-state index is 0.201. The van der Waals surface area contributed by atoms with Crippen LogP contribution in [0.1, 0.15) is 31.4 Å². The van der Waals surface area contributed by atoms with Gasteiger partial charge in [-0.1, -0.05) is 18.2 Å². The van der Waals surface area contributed by atoms with Crippen molar-refractivity contribution in [2.24, 2.45) is 5.92 Å². The van der Waals surface area contributed by atoms with Gasteiger partial charge in [0.1, 0.15) is 6.61 Å². The normalized spacial score (nSPS) is 18.0. The highest BCUT2D eigenvalue weighted by Gasteiger charge is 2.23. The van der Waals surface area contributed by atoms with Gasteiger partial charge in [-0.15, -0.1) is 0 Å². The Hall–Kier alpha value is -2.37. The Morgan fingerprint density at radius 3 is 2.92 bits per heavy atom. The monoisotopic (exact) mass is 342 g/mol.